The van der Waals surface area contributed by atoms with Gasteiger partial charge in [0.15, 0.2) is 0 Å². The molecular weight excluding hydrogens is 390 g/mol. The first-order valence-corrected chi connectivity index (χ1v) is 10.1. The molecule has 0 bridgehead atoms. The van der Waals surface area contributed by atoms with Crippen molar-refractivity contribution in [2.45, 2.75) is 19.0 Å². The zero-order valence-electron chi connectivity index (χ0n) is 17.6. The predicted molar refractivity (Wildman–Crippen MR) is 119 cm³/mol. The molecule has 1 aromatic heterocycles. The van der Waals surface area contributed by atoms with Crippen LogP contribution in [0.5, 0.6) is 11.5 Å². The summed E-state index contributed by atoms with van der Waals surface area (Å²) in [4.78, 5) is 4.56. The normalized spacial score (nSPS) is 11.8. The molecule has 4 rings (SSSR count). The van der Waals surface area contributed by atoms with Crippen LogP contribution in [0.15, 0.2) is 83.4 Å². The highest BCUT2D eigenvalue weighted by Gasteiger charge is 2.17. The fraction of sp³-hybridized carbons (Fsp3) is 0.200. The van der Waals surface area contributed by atoms with E-state index in [1.54, 1.807) is 20.3 Å². The van der Waals surface area contributed by atoms with Gasteiger partial charge >= 0.3 is 0 Å². The summed E-state index contributed by atoms with van der Waals surface area (Å²) < 4.78 is 16.2. The van der Waals surface area contributed by atoms with Crippen molar-refractivity contribution in [2.75, 3.05) is 14.2 Å². The van der Waals surface area contributed by atoms with Crippen molar-refractivity contribution in [3.8, 4) is 22.9 Å². The summed E-state index contributed by atoms with van der Waals surface area (Å²) in [7, 11) is 3.22. The van der Waals surface area contributed by atoms with Crippen LogP contribution in [0.25, 0.3) is 11.4 Å². The van der Waals surface area contributed by atoms with Gasteiger partial charge in [0.1, 0.15) is 11.5 Å². The van der Waals surface area contributed by atoms with E-state index in [1.807, 2.05) is 24.3 Å². The monoisotopic (exact) mass is 415 g/mol. The van der Waals surface area contributed by atoms with E-state index in [0.717, 1.165) is 12.0 Å². The number of rotatable bonds is 9. The first-order valence-electron chi connectivity index (χ1n) is 10.1. The van der Waals surface area contributed by atoms with Gasteiger partial charge in [0, 0.05) is 12.1 Å². The van der Waals surface area contributed by atoms with Crippen molar-refractivity contribution >= 4 is 0 Å². The molecule has 0 amide bonds. The maximum Gasteiger partial charge on any atom is 0.240 e. The minimum Gasteiger partial charge on any atom is -0.497 e. The first kappa shape index (κ1) is 20.6. The summed E-state index contributed by atoms with van der Waals surface area (Å²) >= 11 is 0. The zero-order valence-corrected chi connectivity index (χ0v) is 17.6. The Labute approximate surface area is 181 Å². The molecule has 1 unspecified atom stereocenters. The third-order valence-electron chi connectivity index (χ3n) is 5.10. The Morgan fingerprint density at radius 1 is 0.903 bits per heavy atom. The molecule has 0 radical (unpaired) electrons. The fourth-order valence-electron chi connectivity index (χ4n) is 3.47. The Bertz CT molecular complexity index is 1100. The van der Waals surface area contributed by atoms with Crippen molar-refractivity contribution in [3.63, 3.8) is 0 Å². The summed E-state index contributed by atoms with van der Waals surface area (Å²) in [5.74, 6) is 2.33. The van der Waals surface area contributed by atoms with Crippen molar-refractivity contribution in [1.82, 2.24) is 15.5 Å². The lowest BCUT2D eigenvalue weighted by Crippen LogP contribution is -2.23. The highest BCUT2D eigenvalue weighted by atomic mass is 16.5. The maximum atomic E-state index is 5.50. The van der Waals surface area contributed by atoms with Crippen LogP contribution in [0.2, 0.25) is 0 Å². The molecule has 0 aliphatic rings. The minimum absolute atomic E-state index is 0.120. The largest absolute Gasteiger partial charge is 0.497 e. The third-order valence-corrected chi connectivity index (χ3v) is 5.10. The zero-order chi connectivity index (χ0) is 21.5. The Morgan fingerprint density at radius 3 is 2.35 bits per heavy atom. The smallest absolute Gasteiger partial charge is 0.240 e. The van der Waals surface area contributed by atoms with Crippen molar-refractivity contribution in [1.29, 1.82) is 0 Å². The number of ether oxygens (including phenoxy) is 2. The maximum absolute atomic E-state index is 5.50. The van der Waals surface area contributed by atoms with Gasteiger partial charge in [-0.25, -0.2) is 0 Å². The lowest BCUT2D eigenvalue weighted by atomic mass is 9.99. The van der Waals surface area contributed by atoms with Crippen LogP contribution < -0.4 is 14.8 Å². The Balaban J connectivity index is 1.50. The quantitative estimate of drug-likeness (QED) is 0.422. The van der Waals surface area contributed by atoms with Crippen molar-refractivity contribution < 1.29 is 14.0 Å². The summed E-state index contributed by atoms with van der Waals surface area (Å²) in [6.07, 6.45) is 0.859. The van der Waals surface area contributed by atoms with E-state index in [2.05, 4.69) is 64.0 Å². The van der Waals surface area contributed by atoms with Gasteiger partial charge in [-0.05, 0) is 29.7 Å². The van der Waals surface area contributed by atoms with Crippen LogP contribution in [0, 0.1) is 0 Å². The average molecular weight is 415 g/mol. The van der Waals surface area contributed by atoms with Crippen LogP contribution in [0.1, 0.15) is 23.1 Å². The first-order chi connectivity index (χ1) is 15.3. The molecule has 6 heteroatoms. The summed E-state index contributed by atoms with van der Waals surface area (Å²) in [6.45, 7) is 0.456. The summed E-state index contributed by atoms with van der Waals surface area (Å²) in [5, 5.41) is 7.70. The number of aromatic nitrogens is 2. The molecule has 0 fully saturated rings. The molecule has 0 saturated carbocycles. The van der Waals surface area contributed by atoms with Gasteiger partial charge in [-0.1, -0.05) is 65.8 Å². The third kappa shape index (κ3) is 5.10. The van der Waals surface area contributed by atoms with E-state index in [0.29, 0.717) is 29.8 Å². The van der Waals surface area contributed by atoms with E-state index >= 15 is 0 Å². The van der Waals surface area contributed by atoms with Gasteiger partial charge in [-0.3, -0.25) is 0 Å². The lowest BCUT2D eigenvalue weighted by Gasteiger charge is -2.18. The van der Waals surface area contributed by atoms with Crippen LogP contribution in [-0.4, -0.2) is 24.4 Å². The predicted octanol–water partition coefficient (Wildman–Crippen LogP) is 4.83. The second-order valence-electron chi connectivity index (χ2n) is 7.11. The van der Waals surface area contributed by atoms with E-state index in [-0.39, 0.29) is 6.04 Å². The molecule has 1 atom stereocenters. The topological polar surface area (TPSA) is 69.4 Å². The molecule has 0 aliphatic heterocycles. The molecule has 4 aromatic rings. The number of methoxy groups -OCH3 is 2. The van der Waals surface area contributed by atoms with Gasteiger partial charge in [0.2, 0.25) is 11.7 Å². The van der Waals surface area contributed by atoms with Gasteiger partial charge in [0.05, 0.1) is 26.3 Å². The van der Waals surface area contributed by atoms with E-state index in [1.165, 1.54) is 11.1 Å². The molecule has 1 heterocycles. The van der Waals surface area contributed by atoms with Gasteiger partial charge in [-0.15, -0.1) is 0 Å². The van der Waals surface area contributed by atoms with Gasteiger partial charge < -0.3 is 19.3 Å². The van der Waals surface area contributed by atoms with Crippen LogP contribution in [-0.2, 0) is 13.0 Å². The standard InChI is InChI=1S/C25H25N3O3/c1-29-20-13-14-21(23(16-20)30-2)25-27-24(31-28-25)17-26-22(19-11-7-4-8-12-19)15-18-9-5-3-6-10-18/h3-14,16,22,26H,15,17H2,1-2H3. The molecule has 3 aromatic carbocycles. The summed E-state index contributed by atoms with van der Waals surface area (Å²) in [6, 6.07) is 26.4. The molecule has 0 spiro atoms. The second kappa shape index (κ2) is 9.91. The van der Waals surface area contributed by atoms with E-state index in [4.69, 9.17) is 14.0 Å². The highest BCUT2D eigenvalue weighted by Crippen LogP contribution is 2.31. The molecule has 0 saturated heterocycles. The second-order valence-corrected chi connectivity index (χ2v) is 7.11. The number of nitrogens with one attached hydrogen (secondary N) is 1. The molecule has 0 aliphatic carbocycles. The lowest BCUT2D eigenvalue weighted by molar-refractivity contribution is 0.356. The minimum atomic E-state index is 0.120. The van der Waals surface area contributed by atoms with Crippen molar-refractivity contribution in [2.24, 2.45) is 0 Å². The van der Waals surface area contributed by atoms with Gasteiger partial charge in [0.25, 0.3) is 0 Å². The van der Waals surface area contributed by atoms with Crippen LogP contribution >= 0.6 is 0 Å². The van der Waals surface area contributed by atoms with Crippen LogP contribution in [0.3, 0.4) is 0 Å². The van der Waals surface area contributed by atoms with E-state index in [9.17, 15) is 0 Å². The Hall–Kier alpha value is -3.64. The van der Waals surface area contributed by atoms with E-state index < -0.39 is 0 Å². The molecule has 6 nitrogen and oxygen atoms in total. The molecular formula is C25H25N3O3. The fourth-order valence-corrected chi connectivity index (χ4v) is 3.47. The highest BCUT2D eigenvalue weighted by molar-refractivity contribution is 5.65. The Kier molecular flexibility index (Phi) is 6.59. The number of nitrogens with zero attached hydrogens (tertiary/aromatic N) is 2. The number of hydrogen-bond donors (Lipinski definition) is 1. The SMILES string of the molecule is COc1ccc(-c2noc(CNC(Cc3ccccc3)c3ccccc3)n2)c(OC)c1. The van der Waals surface area contributed by atoms with Crippen LogP contribution in [0.4, 0.5) is 0 Å². The number of hydrogen-bond acceptors (Lipinski definition) is 6. The molecule has 31 heavy (non-hydrogen) atoms. The average Bonchev–Trinajstić information content (AvgIpc) is 3.31. The Morgan fingerprint density at radius 2 is 1.65 bits per heavy atom. The molecule has 158 valence electrons. The summed E-state index contributed by atoms with van der Waals surface area (Å²) in [5.41, 5.74) is 3.23. The van der Waals surface area contributed by atoms with Gasteiger partial charge in [-0.2, -0.15) is 4.98 Å². The molecule has 1 N–H and O–H groups in total. The van der Waals surface area contributed by atoms with Crippen molar-refractivity contribution in [3.05, 3.63) is 95.9 Å². The number of benzene rings is 3.